The lowest BCUT2D eigenvalue weighted by Gasteiger charge is -2.14. The third kappa shape index (κ3) is 5.24. The summed E-state index contributed by atoms with van der Waals surface area (Å²) < 4.78 is 10.6. The summed E-state index contributed by atoms with van der Waals surface area (Å²) in [6, 6.07) is 6.84. The zero-order valence-corrected chi connectivity index (χ0v) is 16.1. The van der Waals surface area contributed by atoms with E-state index in [1.165, 1.54) is 0 Å². The second-order valence-electron chi connectivity index (χ2n) is 5.80. The van der Waals surface area contributed by atoms with Crippen molar-refractivity contribution in [1.29, 1.82) is 0 Å². The van der Waals surface area contributed by atoms with Crippen molar-refractivity contribution in [2.75, 3.05) is 46.7 Å². The molecule has 8 heteroatoms. The van der Waals surface area contributed by atoms with Crippen molar-refractivity contribution in [3.63, 3.8) is 0 Å². The number of anilines is 2. The van der Waals surface area contributed by atoms with Crippen LogP contribution in [0.5, 0.6) is 11.5 Å². The number of aromatic nitrogens is 1. The lowest BCUT2D eigenvalue weighted by atomic mass is 10.2. The topological polar surface area (TPSA) is 75.7 Å². The molecule has 1 amide bonds. The second kappa shape index (κ2) is 9.26. The van der Waals surface area contributed by atoms with E-state index >= 15 is 0 Å². The Morgan fingerprint density at radius 1 is 1.19 bits per heavy atom. The molecule has 0 saturated carbocycles. The Morgan fingerprint density at radius 3 is 2.50 bits per heavy atom. The number of amides is 1. The van der Waals surface area contributed by atoms with E-state index in [2.05, 4.69) is 15.6 Å². The van der Waals surface area contributed by atoms with Gasteiger partial charge in [-0.3, -0.25) is 4.79 Å². The molecule has 7 nitrogen and oxygen atoms in total. The molecule has 0 radical (unpaired) electrons. The number of hydrogen-bond donors (Lipinski definition) is 2. The van der Waals surface area contributed by atoms with Gasteiger partial charge in [0, 0.05) is 25.2 Å². The van der Waals surface area contributed by atoms with Gasteiger partial charge in [0.1, 0.15) is 17.2 Å². The van der Waals surface area contributed by atoms with E-state index in [1.807, 2.05) is 19.0 Å². The molecule has 140 valence electrons. The van der Waals surface area contributed by atoms with E-state index in [0.29, 0.717) is 40.1 Å². The molecule has 0 spiro atoms. The summed E-state index contributed by atoms with van der Waals surface area (Å²) in [5, 5.41) is 6.47. The quantitative estimate of drug-likeness (QED) is 0.735. The number of benzene rings is 1. The fourth-order valence-electron chi connectivity index (χ4n) is 2.20. The fraction of sp³-hybridized carbons (Fsp3) is 0.333. The van der Waals surface area contributed by atoms with Crippen LogP contribution in [0.15, 0.2) is 30.5 Å². The number of likely N-dealkylation sites (N-methyl/N-ethyl adjacent to an activating group) is 1. The summed E-state index contributed by atoms with van der Waals surface area (Å²) in [7, 11) is 7.00. The average Bonchev–Trinajstić information content (AvgIpc) is 2.63. The first-order valence-electron chi connectivity index (χ1n) is 8.02. The largest absolute Gasteiger partial charge is 0.495 e. The van der Waals surface area contributed by atoms with Crippen LogP contribution in [0.3, 0.4) is 0 Å². The molecule has 0 bridgehead atoms. The summed E-state index contributed by atoms with van der Waals surface area (Å²) in [4.78, 5) is 18.2. The van der Waals surface area contributed by atoms with Gasteiger partial charge in [-0.1, -0.05) is 11.6 Å². The predicted molar refractivity (Wildman–Crippen MR) is 103 cm³/mol. The Balaban J connectivity index is 2.08. The van der Waals surface area contributed by atoms with Crippen LogP contribution in [-0.2, 0) is 0 Å². The third-order valence-electron chi connectivity index (χ3n) is 3.59. The number of nitrogens with zero attached hydrogens (tertiary/aromatic N) is 2. The highest BCUT2D eigenvalue weighted by Gasteiger charge is 2.11. The molecule has 0 unspecified atom stereocenters. The van der Waals surface area contributed by atoms with Crippen LogP contribution in [0.1, 0.15) is 10.5 Å². The molecule has 0 aliphatic heterocycles. The van der Waals surface area contributed by atoms with Gasteiger partial charge < -0.3 is 25.0 Å². The van der Waals surface area contributed by atoms with Crippen molar-refractivity contribution in [2.45, 2.75) is 0 Å². The van der Waals surface area contributed by atoms with Crippen LogP contribution >= 0.6 is 11.6 Å². The Kier molecular flexibility index (Phi) is 7.06. The molecule has 0 aliphatic carbocycles. The first-order chi connectivity index (χ1) is 12.4. The summed E-state index contributed by atoms with van der Waals surface area (Å²) in [6.07, 6.45) is 1.58. The molecule has 0 fully saturated rings. The van der Waals surface area contributed by atoms with Gasteiger partial charge >= 0.3 is 0 Å². The lowest BCUT2D eigenvalue weighted by molar-refractivity contribution is 0.0946. The van der Waals surface area contributed by atoms with E-state index in [9.17, 15) is 4.79 Å². The highest BCUT2D eigenvalue weighted by molar-refractivity contribution is 6.32. The molecule has 0 aliphatic rings. The van der Waals surface area contributed by atoms with Gasteiger partial charge in [-0.05, 0) is 26.2 Å². The Morgan fingerprint density at radius 2 is 1.92 bits per heavy atom. The maximum absolute atomic E-state index is 12.1. The minimum atomic E-state index is -0.204. The van der Waals surface area contributed by atoms with Gasteiger partial charge in [0.2, 0.25) is 0 Å². The van der Waals surface area contributed by atoms with Gasteiger partial charge in [0.05, 0.1) is 36.8 Å². The molecule has 0 saturated heterocycles. The highest BCUT2D eigenvalue weighted by atomic mass is 35.5. The van der Waals surface area contributed by atoms with Crippen molar-refractivity contribution in [3.8, 4) is 11.5 Å². The highest BCUT2D eigenvalue weighted by Crippen LogP contribution is 2.37. The third-order valence-corrected chi connectivity index (χ3v) is 3.89. The smallest absolute Gasteiger partial charge is 0.269 e. The van der Waals surface area contributed by atoms with Crippen LogP contribution in [0.4, 0.5) is 11.4 Å². The molecule has 2 rings (SSSR count). The lowest BCUT2D eigenvalue weighted by Crippen LogP contribution is -2.31. The Hall–Kier alpha value is -2.51. The zero-order chi connectivity index (χ0) is 19.1. The van der Waals surface area contributed by atoms with Gasteiger partial charge in [-0.25, -0.2) is 4.98 Å². The summed E-state index contributed by atoms with van der Waals surface area (Å²) in [6.45, 7) is 1.33. The minimum Gasteiger partial charge on any atom is -0.495 e. The minimum absolute atomic E-state index is 0.204. The van der Waals surface area contributed by atoms with Crippen LogP contribution in [0.25, 0.3) is 0 Å². The van der Waals surface area contributed by atoms with E-state index in [4.69, 9.17) is 21.1 Å². The molecule has 2 N–H and O–H groups in total. The fourth-order valence-corrected chi connectivity index (χ4v) is 2.43. The monoisotopic (exact) mass is 378 g/mol. The molecule has 2 aromatic rings. The number of methoxy groups -OCH3 is 2. The number of halogens is 1. The van der Waals surface area contributed by atoms with Crippen LogP contribution < -0.4 is 20.1 Å². The van der Waals surface area contributed by atoms with Crippen molar-refractivity contribution in [1.82, 2.24) is 15.2 Å². The first-order valence-corrected chi connectivity index (χ1v) is 8.40. The Labute approximate surface area is 158 Å². The van der Waals surface area contributed by atoms with Crippen molar-refractivity contribution in [2.24, 2.45) is 0 Å². The van der Waals surface area contributed by atoms with E-state index in [1.54, 1.807) is 44.7 Å². The van der Waals surface area contributed by atoms with Crippen LogP contribution in [-0.4, -0.2) is 57.2 Å². The molecule has 1 heterocycles. The number of carbonyl (C=O) groups excluding carboxylic acids is 1. The maximum atomic E-state index is 12.1. The maximum Gasteiger partial charge on any atom is 0.269 e. The second-order valence-corrected chi connectivity index (χ2v) is 6.21. The number of ether oxygens (including phenoxy) is 2. The van der Waals surface area contributed by atoms with E-state index < -0.39 is 0 Å². The first kappa shape index (κ1) is 19.8. The molecule has 0 atom stereocenters. The molecular formula is C18H23ClN4O3. The molecule has 1 aromatic heterocycles. The molecule has 26 heavy (non-hydrogen) atoms. The SMILES string of the molecule is COc1cc(Nc2ccc(C(=O)NCCN(C)C)nc2)c(OC)cc1Cl. The Bertz CT molecular complexity index is 751. The summed E-state index contributed by atoms with van der Waals surface area (Å²) in [5.74, 6) is 0.894. The van der Waals surface area contributed by atoms with Crippen molar-refractivity contribution in [3.05, 3.63) is 41.2 Å². The number of rotatable bonds is 8. The standard InChI is InChI=1S/C18H23ClN4O3/c1-23(2)8-7-20-18(24)14-6-5-12(11-21-14)22-15-10-16(25-3)13(19)9-17(15)26-4/h5-6,9-11,22H,7-8H2,1-4H3,(H,20,24). The number of carbonyl (C=O) groups is 1. The van der Waals surface area contributed by atoms with Gasteiger partial charge in [0.15, 0.2) is 0 Å². The zero-order valence-electron chi connectivity index (χ0n) is 15.3. The van der Waals surface area contributed by atoms with Gasteiger partial charge in [0.25, 0.3) is 5.91 Å². The molecular weight excluding hydrogens is 356 g/mol. The number of pyridine rings is 1. The number of hydrogen-bond acceptors (Lipinski definition) is 6. The van der Waals surface area contributed by atoms with Crippen molar-refractivity contribution < 1.29 is 14.3 Å². The van der Waals surface area contributed by atoms with Crippen LogP contribution in [0, 0.1) is 0 Å². The number of nitrogens with one attached hydrogen (secondary N) is 2. The summed E-state index contributed by atoms with van der Waals surface area (Å²) in [5.41, 5.74) is 1.74. The predicted octanol–water partition coefficient (Wildman–Crippen LogP) is 2.79. The van der Waals surface area contributed by atoms with E-state index in [0.717, 1.165) is 6.54 Å². The van der Waals surface area contributed by atoms with Crippen LogP contribution in [0.2, 0.25) is 5.02 Å². The van der Waals surface area contributed by atoms with Crippen molar-refractivity contribution >= 4 is 28.9 Å². The van der Waals surface area contributed by atoms with Gasteiger partial charge in [-0.2, -0.15) is 0 Å². The average molecular weight is 379 g/mol. The van der Waals surface area contributed by atoms with Gasteiger partial charge in [-0.15, -0.1) is 0 Å². The normalized spacial score (nSPS) is 10.5. The van der Waals surface area contributed by atoms with E-state index in [-0.39, 0.29) is 5.91 Å². The summed E-state index contributed by atoms with van der Waals surface area (Å²) >= 11 is 6.11. The molecule has 1 aromatic carbocycles.